The Morgan fingerprint density at radius 3 is 2.51 bits per heavy atom. The topological polar surface area (TPSA) is 101 Å². The van der Waals surface area contributed by atoms with Gasteiger partial charge in [0.15, 0.2) is 23.0 Å². The average Bonchev–Trinajstić information content (AvgIpc) is 3.49. The van der Waals surface area contributed by atoms with Gasteiger partial charge in [0.1, 0.15) is 5.75 Å². The van der Waals surface area contributed by atoms with E-state index in [-0.39, 0.29) is 24.0 Å². The Morgan fingerprint density at radius 2 is 1.79 bits per heavy atom. The van der Waals surface area contributed by atoms with Gasteiger partial charge in [-0.15, -0.1) is 0 Å². The van der Waals surface area contributed by atoms with E-state index in [9.17, 15) is 14.4 Å². The molecule has 3 aromatic rings. The number of esters is 1. The molecule has 2 amide bonds. The number of imide groups is 1. The third kappa shape index (κ3) is 5.67. The summed E-state index contributed by atoms with van der Waals surface area (Å²) in [6.45, 7) is 2.20. The van der Waals surface area contributed by atoms with Crippen LogP contribution in [-0.4, -0.2) is 42.5 Å². The lowest BCUT2D eigenvalue weighted by molar-refractivity contribution is -0.123. The van der Waals surface area contributed by atoms with Gasteiger partial charge in [0, 0.05) is 11.1 Å². The average molecular weight is 568 g/mol. The van der Waals surface area contributed by atoms with E-state index in [4.69, 9.17) is 35.3 Å². The van der Waals surface area contributed by atoms with Crippen LogP contribution < -0.4 is 23.7 Å². The summed E-state index contributed by atoms with van der Waals surface area (Å²) < 4.78 is 27.0. The molecular weight excluding hydrogens is 546 g/mol. The number of hydrogen-bond acceptors (Lipinski definition) is 9. The highest BCUT2D eigenvalue weighted by Gasteiger charge is 2.36. The zero-order chi connectivity index (χ0) is 27.5. The smallest absolute Gasteiger partial charge is 0.343 e. The first-order chi connectivity index (χ1) is 18.9. The molecule has 11 heteroatoms. The second-order valence-corrected chi connectivity index (χ2v) is 9.72. The zero-order valence-electron chi connectivity index (χ0n) is 20.9. The second kappa shape index (κ2) is 11.3. The fraction of sp³-hybridized carbons (Fsp3) is 0.179. The van der Waals surface area contributed by atoms with Crippen molar-refractivity contribution in [2.24, 2.45) is 0 Å². The van der Waals surface area contributed by atoms with Gasteiger partial charge in [-0.3, -0.25) is 14.5 Å². The first-order valence-electron chi connectivity index (χ1n) is 11.8. The lowest BCUT2D eigenvalue weighted by Crippen LogP contribution is -2.27. The molecule has 0 saturated carbocycles. The first kappa shape index (κ1) is 26.5. The monoisotopic (exact) mass is 567 g/mol. The lowest BCUT2D eigenvalue weighted by atomic mass is 10.1. The number of thioether (sulfide) groups is 1. The zero-order valence-corrected chi connectivity index (χ0v) is 22.5. The minimum Gasteiger partial charge on any atom is -0.497 e. The van der Waals surface area contributed by atoms with Gasteiger partial charge in [0.2, 0.25) is 6.79 Å². The normalized spacial score (nSPS) is 15.2. The van der Waals surface area contributed by atoms with Crippen molar-refractivity contribution >= 4 is 46.6 Å². The maximum atomic E-state index is 13.1. The number of methoxy groups -OCH3 is 1. The largest absolute Gasteiger partial charge is 0.497 e. The predicted octanol–water partition coefficient (Wildman–Crippen LogP) is 5.93. The van der Waals surface area contributed by atoms with Gasteiger partial charge in [-0.1, -0.05) is 17.7 Å². The summed E-state index contributed by atoms with van der Waals surface area (Å²) in [5, 5.41) is -0.0570. The van der Waals surface area contributed by atoms with E-state index in [0.29, 0.717) is 51.3 Å². The maximum absolute atomic E-state index is 13.1. The molecule has 0 unspecified atom stereocenters. The van der Waals surface area contributed by atoms with Crippen molar-refractivity contribution in [3.8, 4) is 28.7 Å². The molecule has 0 spiro atoms. The molecule has 2 heterocycles. The van der Waals surface area contributed by atoms with Gasteiger partial charge in [0.05, 0.1) is 30.7 Å². The van der Waals surface area contributed by atoms with Gasteiger partial charge in [-0.05, 0) is 78.4 Å². The van der Waals surface area contributed by atoms with Crippen molar-refractivity contribution in [3.63, 3.8) is 0 Å². The molecule has 0 aromatic heterocycles. The number of ether oxygens (including phenoxy) is 5. The van der Waals surface area contributed by atoms with E-state index < -0.39 is 17.1 Å². The Hall–Kier alpha value is -4.15. The highest BCUT2D eigenvalue weighted by atomic mass is 35.5. The summed E-state index contributed by atoms with van der Waals surface area (Å²) in [5.41, 5.74) is 1.50. The Balaban J connectivity index is 1.33. The van der Waals surface area contributed by atoms with E-state index in [1.807, 2.05) is 0 Å². The summed E-state index contributed by atoms with van der Waals surface area (Å²) in [6, 6.07) is 14.7. The molecule has 2 aliphatic rings. The standard InChI is InChI=1S/C28H22ClNO8S/c1-3-35-22-10-16(4-9-21(22)38-27(32)17-5-7-19(34-2)8-6-17)11-25-26(31)30(28(33)39-25)14-18-12-23-24(13-20(18)29)37-15-36-23/h4-13H,3,14-15H2,1-2H3/b25-11-. The molecule has 3 aromatic carbocycles. The van der Waals surface area contributed by atoms with Crippen molar-refractivity contribution in [2.45, 2.75) is 13.5 Å². The predicted molar refractivity (Wildman–Crippen MR) is 145 cm³/mol. The number of carbonyl (C=O) groups excluding carboxylic acids is 3. The molecule has 0 N–H and O–H groups in total. The molecule has 2 aliphatic heterocycles. The molecule has 0 aliphatic carbocycles. The summed E-state index contributed by atoms with van der Waals surface area (Å²) in [5.74, 6) is 1.17. The van der Waals surface area contributed by atoms with E-state index in [0.717, 1.165) is 16.7 Å². The summed E-state index contributed by atoms with van der Waals surface area (Å²) in [6.07, 6.45) is 1.59. The molecule has 200 valence electrons. The first-order valence-corrected chi connectivity index (χ1v) is 13.0. The van der Waals surface area contributed by atoms with Crippen LogP contribution in [0, 0.1) is 0 Å². The van der Waals surface area contributed by atoms with E-state index in [1.54, 1.807) is 74.7 Å². The van der Waals surface area contributed by atoms with Crippen LogP contribution >= 0.6 is 23.4 Å². The molecule has 9 nitrogen and oxygen atoms in total. The third-order valence-electron chi connectivity index (χ3n) is 5.84. The number of nitrogens with zero attached hydrogens (tertiary/aromatic N) is 1. The Labute approximate surface area is 233 Å². The van der Waals surface area contributed by atoms with Crippen LogP contribution in [0.1, 0.15) is 28.4 Å². The summed E-state index contributed by atoms with van der Waals surface area (Å²) in [4.78, 5) is 39.8. The van der Waals surface area contributed by atoms with Gasteiger partial charge in [0.25, 0.3) is 11.1 Å². The molecule has 1 saturated heterocycles. The van der Waals surface area contributed by atoms with Gasteiger partial charge >= 0.3 is 5.97 Å². The summed E-state index contributed by atoms with van der Waals surface area (Å²) in [7, 11) is 1.54. The van der Waals surface area contributed by atoms with E-state index >= 15 is 0 Å². The number of amides is 2. The molecular formula is C28H22ClNO8S. The highest BCUT2D eigenvalue weighted by Crippen LogP contribution is 2.40. The van der Waals surface area contributed by atoms with Gasteiger partial charge < -0.3 is 23.7 Å². The fourth-order valence-electron chi connectivity index (χ4n) is 3.89. The lowest BCUT2D eigenvalue weighted by Gasteiger charge is -2.14. The van der Waals surface area contributed by atoms with E-state index in [2.05, 4.69) is 0 Å². The number of fused-ring (bicyclic) bond motifs is 1. The Kier molecular flexibility index (Phi) is 7.67. The Morgan fingerprint density at radius 1 is 1.05 bits per heavy atom. The minimum absolute atomic E-state index is 0.0120. The minimum atomic E-state index is -0.561. The van der Waals surface area contributed by atoms with E-state index in [1.165, 1.54) is 0 Å². The van der Waals surface area contributed by atoms with Crippen LogP contribution in [0.3, 0.4) is 0 Å². The van der Waals surface area contributed by atoms with Gasteiger partial charge in [-0.25, -0.2) is 4.79 Å². The molecule has 39 heavy (non-hydrogen) atoms. The second-order valence-electron chi connectivity index (χ2n) is 8.32. The third-order valence-corrected chi connectivity index (χ3v) is 7.10. The highest BCUT2D eigenvalue weighted by molar-refractivity contribution is 8.18. The molecule has 0 radical (unpaired) electrons. The maximum Gasteiger partial charge on any atom is 0.343 e. The quantitative estimate of drug-likeness (QED) is 0.186. The van der Waals surface area contributed by atoms with Crippen LogP contribution in [-0.2, 0) is 11.3 Å². The van der Waals surface area contributed by atoms with Crippen LogP contribution in [0.25, 0.3) is 6.08 Å². The molecule has 5 rings (SSSR count). The number of hydrogen-bond donors (Lipinski definition) is 0. The molecule has 0 bridgehead atoms. The van der Waals surface area contributed by atoms with Crippen LogP contribution in [0.15, 0.2) is 59.5 Å². The number of rotatable bonds is 8. The van der Waals surface area contributed by atoms with Gasteiger partial charge in [-0.2, -0.15) is 0 Å². The fourth-order valence-corrected chi connectivity index (χ4v) is 4.94. The SMILES string of the molecule is CCOc1cc(/C=C2\SC(=O)N(Cc3cc4c(cc3Cl)OCO4)C2=O)ccc1OC(=O)c1ccc(OC)cc1. The van der Waals surface area contributed by atoms with Crippen molar-refractivity contribution in [1.29, 1.82) is 0 Å². The number of carbonyl (C=O) groups is 3. The van der Waals surface area contributed by atoms with Crippen LogP contribution in [0.5, 0.6) is 28.7 Å². The number of benzene rings is 3. The summed E-state index contributed by atoms with van der Waals surface area (Å²) >= 11 is 7.16. The van der Waals surface area contributed by atoms with Crippen LogP contribution in [0.4, 0.5) is 4.79 Å². The van der Waals surface area contributed by atoms with Crippen LogP contribution in [0.2, 0.25) is 5.02 Å². The van der Waals surface area contributed by atoms with Crippen molar-refractivity contribution in [3.05, 3.63) is 81.2 Å². The Bertz CT molecular complexity index is 1490. The number of halogens is 1. The van der Waals surface area contributed by atoms with Crippen molar-refractivity contribution in [1.82, 2.24) is 4.90 Å². The molecule has 1 fully saturated rings. The van der Waals surface area contributed by atoms with Crippen molar-refractivity contribution < 1.29 is 38.1 Å². The molecule has 0 atom stereocenters. The van der Waals surface area contributed by atoms with Crippen molar-refractivity contribution in [2.75, 3.05) is 20.5 Å².